The Labute approximate surface area is 95.0 Å². The van der Waals surface area contributed by atoms with Crippen molar-refractivity contribution in [3.63, 3.8) is 0 Å². The van der Waals surface area contributed by atoms with Crippen molar-refractivity contribution in [3.8, 4) is 6.07 Å². The molecule has 0 aliphatic heterocycles. The van der Waals surface area contributed by atoms with E-state index < -0.39 is 4.92 Å². The average Bonchev–Trinajstić information content (AvgIpc) is 2.20. The minimum atomic E-state index is -0.510. The molecule has 0 bridgehead atoms. The fourth-order valence-electron chi connectivity index (χ4n) is 1.15. The summed E-state index contributed by atoms with van der Waals surface area (Å²) in [5.74, 6) is 0. The highest BCUT2D eigenvalue weighted by Gasteiger charge is 2.17. The van der Waals surface area contributed by atoms with E-state index in [2.05, 4.69) is 21.2 Å². The molecule has 1 aromatic carbocycles. The minimum absolute atomic E-state index is 0.0947. The average molecular weight is 270 g/mol. The van der Waals surface area contributed by atoms with E-state index >= 15 is 0 Å². The van der Waals surface area contributed by atoms with Crippen LogP contribution in [0.25, 0.3) is 0 Å². The molecule has 0 saturated carbocycles. The first-order valence-corrected chi connectivity index (χ1v) is 5.01. The summed E-state index contributed by atoms with van der Waals surface area (Å²) in [4.78, 5) is 10.2. The summed E-state index contributed by atoms with van der Waals surface area (Å²) >= 11 is 3.19. The molecule has 0 fully saturated rings. The van der Waals surface area contributed by atoms with Crippen molar-refractivity contribution in [2.24, 2.45) is 0 Å². The predicted molar refractivity (Wildman–Crippen MR) is 59.7 cm³/mol. The van der Waals surface area contributed by atoms with E-state index in [1.165, 1.54) is 6.07 Å². The van der Waals surface area contributed by atoms with E-state index in [1.54, 1.807) is 6.07 Å². The number of halogens is 1. The molecule has 0 aliphatic carbocycles. The zero-order chi connectivity index (χ0) is 11.4. The molecule has 0 radical (unpaired) electrons. The van der Waals surface area contributed by atoms with Crippen LogP contribution in [0.15, 0.2) is 16.6 Å². The minimum Gasteiger partial charge on any atom is -0.379 e. The number of hydrogen-bond donors (Lipinski definition) is 1. The maximum Gasteiger partial charge on any atom is 0.294 e. The highest BCUT2D eigenvalue weighted by atomic mass is 79.9. The summed E-state index contributed by atoms with van der Waals surface area (Å²) in [6.45, 7) is 2.42. The van der Waals surface area contributed by atoms with Crippen LogP contribution in [0, 0.1) is 21.4 Å². The summed E-state index contributed by atoms with van der Waals surface area (Å²) in [7, 11) is 0. The lowest BCUT2D eigenvalue weighted by molar-refractivity contribution is -0.384. The van der Waals surface area contributed by atoms with E-state index in [1.807, 2.05) is 13.0 Å². The fourth-order valence-corrected chi connectivity index (χ4v) is 1.74. The van der Waals surface area contributed by atoms with Gasteiger partial charge in [-0.15, -0.1) is 0 Å². The molecule has 6 heteroatoms. The Kier molecular flexibility index (Phi) is 3.63. The first kappa shape index (κ1) is 11.5. The summed E-state index contributed by atoms with van der Waals surface area (Å²) in [5.41, 5.74) is 0.569. The number of nitro benzene ring substituents is 1. The molecule has 1 N–H and O–H groups in total. The van der Waals surface area contributed by atoms with Gasteiger partial charge in [-0.1, -0.05) is 0 Å². The lowest BCUT2D eigenvalue weighted by atomic mass is 10.2. The van der Waals surface area contributed by atoms with Crippen LogP contribution in [0.1, 0.15) is 12.5 Å². The second-order valence-corrected chi connectivity index (χ2v) is 3.61. The van der Waals surface area contributed by atoms with Crippen molar-refractivity contribution in [2.75, 3.05) is 11.9 Å². The number of rotatable bonds is 3. The van der Waals surface area contributed by atoms with Gasteiger partial charge in [0.25, 0.3) is 5.69 Å². The van der Waals surface area contributed by atoms with Crippen molar-refractivity contribution < 1.29 is 4.92 Å². The molecule has 0 atom stereocenters. The number of nitrogens with one attached hydrogen (secondary N) is 1. The SMILES string of the molecule is CCNc1c(Br)cc(C#N)cc1[N+](=O)[O-]. The normalized spacial score (nSPS) is 9.40. The fraction of sp³-hybridized carbons (Fsp3) is 0.222. The van der Waals surface area contributed by atoms with Crippen LogP contribution in [-0.4, -0.2) is 11.5 Å². The van der Waals surface area contributed by atoms with Gasteiger partial charge in [-0.25, -0.2) is 0 Å². The number of hydrogen-bond acceptors (Lipinski definition) is 4. The van der Waals surface area contributed by atoms with E-state index in [-0.39, 0.29) is 11.3 Å². The lowest BCUT2D eigenvalue weighted by Gasteiger charge is -2.06. The second kappa shape index (κ2) is 4.75. The van der Waals surface area contributed by atoms with E-state index in [4.69, 9.17) is 5.26 Å². The Morgan fingerprint density at radius 1 is 1.67 bits per heavy atom. The smallest absolute Gasteiger partial charge is 0.294 e. The Balaban J connectivity index is 3.37. The molecule has 0 amide bonds. The molecule has 15 heavy (non-hydrogen) atoms. The number of nitrogens with zero attached hydrogens (tertiary/aromatic N) is 2. The Morgan fingerprint density at radius 3 is 2.80 bits per heavy atom. The molecule has 0 heterocycles. The number of anilines is 1. The van der Waals surface area contributed by atoms with E-state index in [0.29, 0.717) is 16.7 Å². The molecule has 78 valence electrons. The maximum atomic E-state index is 10.8. The molecular formula is C9H8BrN3O2. The Hall–Kier alpha value is -1.61. The largest absolute Gasteiger partial charge is 0.379 e. The predicted octanol–water partition coefficient (Wildman–Crippen LogP) is 2.66. The summed E-state index contributed by atoms with van der Waals surface area (Å²) in [5, 5.41) is 22.3. The quantitative estimate of drug-likeness (QED) is 0.676. The highest BCUT2D eigenvalue weighted by Crippen LogP contribution is 2.33. The second-order valence-electron chi connectivity index (χ2n) is 2.75. The van der Waals surface area contributed by atoms with Crippen LogP contribution in [0.4, 0.5) is 11.4 Å². The summed E-state index contributed by atoms with van der Waals surface area (Å²) < 4.78 is 0.523. The molecule has 0 saturated heterocycles. The van der Waals surface area contributed by atoms with Gasteiger partial charge in [-0.05, 0) is 28.9 Å². The molecule has 0 spiro atoms. The molecular weight excluding hydrogens is 262 g/mol. The van der Waals surface area contributed by atoms with Gasteiger partial charge >= 0.3 is 0 Å². The lowest BCUT2D eigenvalue weighted by Crippen LogP contribution is -2.02. The van der Waals surface area contributed by atoms with Crippen LogP contribution in [-0.2, 0) is 0 Å². The van der Waals surface area contributed by atoms with Crippen LogP contribution < -0.4 is 5.32 Å². The third-order valence-corrected chi connectivity index (χ3v) is 2.37. The number of nitro groups is 1. The van der Waals surface area contributed by atoms with E-state index in [0.717, 1.165) is 0 Å². The van der Waals surface area contributed by atoms with Crippen molar-refractivity contribution >= 4 is 27.3 Å². The molecule has 0 aromatic heterocycles. The molecule has 1 rings (SSSR count). The summed E-state index contributed by atoms with van der Waals surface area (Å²) in [6, 6.07) is 4.67. The van der Waals surface area contributed by atoms with Crippen molar-refractivity contribution in [1.82, 2.24) is 0 Å². The molecule has 0 aliphatic rings. The van der Waals surface area contributed by atoms with Crippen LogP contribution in [0.5, 0.6) is 0 Å². The topological polar surface area (TPSA) is 79.0 Å². The monoisotopic (exact) mass is 269 g/mol. The van der Waals surface area contributed by atoms with E-state index in [9.17, 15) is 10.1 Å². The van der Waals surface area contributed by atoms with Crippen LogP contribution >= 0.6 is 15.9 Å². The van der Waals surface area contributed by atoms with Gasteiger partial charge in [0.1, 0.15) is 5.69 Å². The van der Waals surface area contributed by atoms with Gasteiger partial charge in [0.15, 0.2) is 0 Å². The zero-order valence-electron chi connectivity index (χ0n) is 7.95. The van der Waals surface area contributed by atoms with Gasteiger partial charge < -0.3 is 5.32 Å². The highest BCUT2D eigenvalue weighted by molar-refractivity contribution is 9.10. The maximum absolute atomic E-state index is 10.8. The summed E-state index contributed by atoms with van der Waals surface area (Å²) in [6.07, 6.45) is 0. The van der Waals surface area contributed by atoms with Crippen LogP contribution in [0.3, 0.4) is 0 Å². The standard InChI is InChI=1S/C9H8BrN3O2/c1-2-12-9-7(10)3-6(5-11)4-8(9)13(14)15/h3-4,12H,2H2,1H3. The van der Waals surface area contributed by atoms with Crippen molar-refractivity contribution in [2.45, 2.75) is 6.92 Å². The van der Waals surface area contributed by atoms with Gasteiger partial charge in [0, 0.05) is 17.1 Å². The van der Waals surface area contributed by atoms with Gasteiger partial charge in [0.2, 0.25) is 0 Å². The molecule has 1 aromatic rings. The van der Waals surface area contributed by atoms with Crippen molar-refractivity contribution in [1.29, 1.82) is 5.26 Å². The van der Waals surface area contributed by atoms with Gasteiger partial charge in [0.05, 0.1) is 16.6 Å². The third-order valence-electron chi connectivity index (χ3n) is 1.75. The number of nitriles is 1. The molecule has 0 unspecified atom stereocenters. The Morgan fingerprint density at radius 2 is 2.33 bits per heavy atom. The Bertz CT molecular complexity index is 440. The zero-order valence-corrected chi connectivity index (χ0v) is 9.54. The van der Waals surface area contributed by atoms with Gasteiger partial charge in [-0.3, -0.25) is 10.1 Å². The first-order chi connectivity index (χ1) is 7.10. The molecule has 5 nitrogen and oxygen atoms in total. The van der Waals surface area contributed by atoms with Gasteiger partial charge in [-0.2, -0.15) is 5.26 Å². The first-order valence-electron chi connectivity index (χ1n) is 4.22. The number of benzene rings is 1. The third kappa shape index (κ3) is 2.44. The van der Waals surface area contributed by atoms with Crippen LogP contribution in [0.2, 0.25) is 0 Å². The van der Waals surface area contributed by atoms with Crippen molar-refractivity contribution in [3.05, 3.63) is 32.3 Å².